The maximum absolute atomic E-state index is 11.3. The van der Waals surface area contributed by atoms with Crippen molar-refractivity contribution in [3.05, 3.63) is 39.9 Å². The zero-order valence-electron chi connectivity index (χ0n) is 18.1. The molecular weight excluding hydrogens is 410 g/mol. The monoisotopic (exact) mass is 433 g/mol. The Hall–Kier alpha value is -3.48. The average molecular weight is 433 g/mol. The summed E-state index contributed by atoms with van der Waals surface area (Å²) in [5.41, 5.74) is -4.04. The van der Waals surface area contributed by atoms with Crippen LogP contribution in [-0.2, 0) is 9.47 Å². The van der Waals surface area contributed by atoms with Gasteiger partial charge in [-0.05, 0) is 29.7 Å². The number of hydrogen-bond acceptors (Lipinski definition) is 8. The molecule has 1 N–H and O–H groups in total. The number of nitrogens with one attached hydrogen (secondary N) is 1. The Morgan fingerprint density at radius 2 is 1.91 bits per heavy atom. The van der Waals surface area contributed by atoms with Gasteiger partial charge in [0.25, 0.3) is 5.69 Å². The van der Waals surface area contributed by atoms with Crippen LogP contribution in [0.15, 0.2) is 24.3 Å². The van der Waals surface area contributed by atoms with Crippen LogP contribution in [0, 0.1) is 77.6 Å². The van der Waals surface area contributed by atoms with Crippen LogP contribution in [0.3, 0.4) is 0 Å². The van der Waals surface area contributed by atoms with E-state index in [1.54, 1.807) is 0 Å². The van der Waals surface area contributed by atoms with Crippen molar-refractivity contribution in [2.75, 3.05) is 0 Å². The molecule has 2 aliphatic heterocycles. The first-order chi connectivity index (χ1) is 15.0. The molecule has 3 aliphatic rings. The molecule has 5 unspecified atom stereocenters. The lowest BCUT2D eigenvalue weighted by Crippen LogP contribution is -2.61. The second-order valence-corrected chi connectivity index (χ2v) is 9.93. The number of ether oxygens (including phenoxy) is 2. The minimum absolute atomic E-state index is 0.0846. The predicted molar refractivity (Wildman–Crippen MR) is 110 cm³/mol. The van der Waals surface area contributed by atoms with E-state index in [4.69, 9.17) is 14.9 Å². The quantitative estimate of drug-likeness (QED) is 0.535. The average Bonchev–Trinajstić information content (AvgIpc) is 2.96. The van der Waals surface area contributed by atoms with Crippen molar-refractivity contribution in [1.82, 2.24) is 0 Å². The van der Waals surface area contributed by atoms with Crippen molar-refractivity contribution in [2.24, 2.45) is 28.1 Å². The predicted octanol–water partition coefficient (Wildman–Crippen LogP) is 4.38. The summed E-state index contributed by atoms with van der Waals surface area (Å²) in [6.45, 7) is 6.29. The Morgan fingerprint density at radius 3 is 2.47 bits per heavy atom. The van der Waals surface area contributed by atoms with Crippen molar-refractivity contribution >= 4 is 11.6 Å². The third kappa shape index (κ3) is 2.54. The molecule has 4 rings (SSSR count). The second-order valence-electron chi connectivity index (χ2n) is 9.93. The number of hydrogen-bond donors (Lipinski definition) is 1. The maximum Gasteiger partial charge on any atom is 0.269 e. The van der Waals surface area contributed by atoms with Crippen molar-refractivity contribution in [3.63, 3.8) is 0 Å². The Balaban J connectivity index is 1.94. The number of benzene rings is 1. The van der Waals surface area contributed by atoms with Gasteiger partial charge in [0.15, 0.2) is 5.41 Å². The van der Waals surface area contributed by atoms with Crippen LogP contribution < -0.4 is 0 Å². The summed E-state index contributed by atoms with van der Waals surface area (Å²) in [6.07, 6.45) is 0.292. The standard InChI is InChI=1S/C23H23N5O4/c1-20(2,3)15-7-8-23-17(10-15)22(13-26,19(27)32-23)21(11-24,12-25)18(31-23)14-5-4-6-16(9-14)28(29)30/h4-6,9,15,17-18,27H,7-8,10H2,1-3H3. The summed E-state index contributed by atoms with van der Waals surface area (Å²) < 4.78 is 12.3. The fourth-order valence-corrected chi connectivity index (χ4v) is 5.73. The zero-order valence-corrected chi connectivity index (χ0v) is 18.1. The molecular formula is C23H23N5O4. The number of nitrogens with zero attached hydrogens (tertiary/aromatic N) is 4. The number of nitriles is 3. The van der Waals surface area contributed by atoms with Gasteiger partial charge in [0.1, 0.15) is 6.10 Å². The first kappa shape index (κ1) is 21.7. The van der Waals surface area contributed by atoms with Gasteiger partial charge in [0.2, 0.25) is 17.1 Å². The van der Waals surface area contributed by atoms with E-state index in [1.807, 2.05) is 12.1 Å². The van der Waals surface area contributed by atoms with Crippen LogP contribution in [0.1, 0.15) is 51.7 Å². The van der Waals surface area contributed by atoms with Crippen molar-refractivity contribution in [1.29, 1.82) is 21.2 Å². The van der Waals surface area contributed by atoms with E-state index in [9.17, 15) is 25.9 Å². The highest BCUT2D eigenvalue weighted by atomic mass is 16.7. The molecule has 0 radical (unpaired) electrons. The normalized spacial score (nSPS) is 34.9. The highest BCUT2D eigenvalue weighted by Gasteiger charge is 2.81. The van der Waals surface area contributed by atoms with E-state index >= 15 is 0 Å². The third-order valence-corrected chi connectivity index (χ3v) is 7.52. The van der Waals surface area contributed by atoms with E-state index in [1.165, 1.54) is 24.3 Å². The maximum atomic E-state index is 11.3. The third-order valence-electron chi connectivity index (χ3n) is 7.52. The minimum atomic E-state index is -2.11. The first-order valence-electron chi connectivity index (χ1n) is 10.5. The van der Waals surface area contributed by atoms with E-state index in [0.29, 0.717) is 12.8 Å². The van der Waals surface area contributed by atoms with Gasteiger partial charge in [-0.25, -0.2) is 0 Å². The Labute approximate surface area is 185 Å². The van der Waals surface area contributed by atoms with Crippen LogP contribution >= 0.6 is 0 Å². The van der Waals surface area contributed by atoms with Crippen LogP contribution in [0.4, 0.5) is 5.69 Å². The Bertz CT molecular complexity index is 1120. The molecule has 3 fully saturated rings. The highest BCUT2D eigenvalue weighted by Crippen LogP contribution is 2.70. The SMILES string of the molecule is CC(C)(C)C1CCC23OC(=N)C(C#N)(C2C1)C(C#N)(C#N)C(c1cccc([N+](=O)[O-])c1)O3. The van der Waals surface area contributed by atoms with Crippen LogP contribution in [0.25, 0.3) is 0 Å². The molecule has 2 bridgehead atoms. The molecule has 1 aliphatic carbocycles. The van der Waals surface area contributed by atoms with Gasteiger partial charge in [-0.1, -0.05) is 32.9 Å². The lowest BCUT2D eigenvalue weighted by molar-refractivity contribution is -0.385. The molecule has 0 spiro atoms. The smallest absolute Gasteiger partial charge is 0.269 e. The molecule has 1 aromatic carbocycles. The minimum Gasteiger partial charge on any atom is -0.447 e. The number of rotatable bonds is 2. The summed E-state index contributed by atoms with van der Waals surface area (Å²) >= 11 is 0. The summed E-state index contributed by atoms with van der Waals surface area (Å²) in [6, 6.07) is 11.7. The highest BCUT2D eigenvalue weighted by molar-refractivity contribution is 5.89. The molecule has 32 heavy (non-hydrogen) atoms. The zero-order chi connectivity index (χ0) is 23.5. The molecule has 1 aromatic rings. The van der Waals surface area contributed by atoms with E-state index in [-0.39, 0.29) is 22.6 Å². The van der Waals surface area contributed by atoms with Gasteiger partial charge in [-0.3, -0.25) is 15.5 Å². The van der Waals surface area contributed by atoms with Gasteiger partial charge >= 0.3 is 0 Å². The lowest BCUT2D eigenvalue weighted by atomic mass is 9.49. The summed E-state index contributed by atoms with van der Waals surface area (Å²) in [5, 5.41) is 51.0. The van der Waals surface area contributed by atoms with Crippen molar-refractivity contribution in [3.8, 4) is 18.2 Å². The molecule has 164 valence electrons. The summed E-state index contributed by atoms with van der Waals surface area (Å²) in [4.78, 5) is 10.8. The van der Waals surface area contributed by atoms with Gasteiger partial charge < -0.3 is 9.47 Å². The van der Waals surface area contributed by atoms with Crippen LogP contribution in [-0.4, -0.2) is 16.6 Å². The molecule has 9 nitrogen and oxygen atoms in total. The molecule has 2 heterocycles. The Morgan fingerprint density at radius 1 is 1.22 bits per heavy atom. The largest absolute Gasteiger partial charge is 0.447 e. The number of non-ortho nitro benzene ring substituents is 1. The Kier molecular flexibility index (Phi) is 4.59. The van der Waals surface area contributed by atoms with Gasteiger partial charge in [0.05, 0.1) is 29.0 Å². The summed E-state index contributed by atoms with van der Waals surface area (Å²) in [5.74, 6) is -2.27. The topological polar surface area (TPSA) is 157 Å². The molecule has 1 saturated carbocycles. The molecule has 2 saturated heterocycles. The van der Waals surface area contributed by atoms with Crippen molar-refractivity contribution < 1.29 is 14.4 Å². The van der Waals surface area contributed by atoms with Crippen LogP contribution in [0.2, 0.25) is 0 Å². The van der Waals surface area contributed by atoms with E-state index in [0.717, 1.165) is 6.42 Å². The fraction of sp³-hybridized carbons (Fsp3) is 0.565. The first-order valence-corrected chi connectivity index (χ1v) is 10.5. The molecule has 9 heteroatoms. The second kappa shape index (κ2) is 6.76. The lowest BCUT2D eigenvalue weighted by Gasteiger charge is -2.54. The fourth-order valence-electron chi connectivity index (χ4n) is 5.73. The molecule has 0 amide bonds. The van der Waals surface area contributed by atoms with E-state index in [2.05, 4.69) is 26.8 Å². The summed E-state index contributed by atoms with van der Waals surface area (Å²) in [7, 11) is 0. The van der Waals surface area contributed by atoms with Gasteiger partial charge in [0, 0.05) is 18.6 Å². The van der Waals surface area contributed by atoms with Crippen molar-refractivity contribution in [2.45, 2.75) is 51.9 Å². The van der Waals surface area contributed by atoms with Gasteiger partial charge in [-0.15, -0.1) is 0 Å². The number of nitro benzene ring substituents is 1. The van der Waals surface area contributed by atoms with E-state index < -0.39 is 39.5 Å². The van der Waals surface area contributed by atoms with Gasteiger partial charge in [-0.2, -0.15) is 15.8 Å². The molecule has 0 aromatic heterocycles. The molecule has 5 atom stereocenters. The number of nitro groups is 1. The van der Waals surface area contributed by atoms with Crippen LogP contribution in [0.5, 0.6) is 0 Å².